The molecule has 0 amide bonds. The zero-order chi connectivity index (χ0) is 36.7. The lowest BCUT2D eigenvalue weighted by molar-refractivity contribution is -0.0882. The van der Waals surface area contributed by atoms with Crippen LogP contribution in [0, 0.1) is 6.92 Å². The van der Waals surface area contributed by atoms with Gasteiger partial charge in [-0.1, -0.05) is 90.5 Å². The van der Waals surface area contributed by atoms with E-state index in [4.69, 9.17) is 18.6 Å². The number of nitrogens with one attached hydrogen (secondary N) is 2. The molecule has 1 aliphatic rings. The van der Waals surface area contributed by atoms with Gasteiger partial charge in [0, 0.05) is 0 Å². The third-order valence-electron chi connectivity index (χ3n) is 9.31. The van der Waals surface area contributed by atoms with E-state index in [1.807, 2.05) is 91.9 Å². The van der Waals surface area contributed by atoms with Crippen LogP contribution in [-0.4, -0.2) is 64.6 Å². The van der Waals surface area contributed by atoms with Crippen LogP contribution in [0.4, 0.5) is 10.3 Å². The van der Waals surface area contributed by atoms with Crippen LogP contribution in [0.2, 0.25) is 0 Å². The van der Waals surface area contributed by atoms with Crippen LogP contribution < -0.4 is 15.6 Å². The Labute approximate surface area is 299 Å². The molecule has 1 saturated heterocycles. The van der Waals surface area contributed by atoms with E-state index in [1.165, 1.54) is 30.0 Å². The van der Waals surface area contributed by atoms with Crippen molar-refractivity contribution in [3.05, 3.63) is 148 Å². The van der Waals surface area contributed by atoms with Gasteiger partial charge in [0.1, 0.15) is 23.0 Å². The number of aliphatic hydroxyl groups is 1. The number of H-pyrrole nitrogens is 1. The van der Waals surface area contributed by atoms with Crippen molar-refractivity contribution < 1.29 is 31.6 Å². The SMILES string of the molecule is COc1ccc(C(Nc2nc3c(ncn3[C@@H]3O[C@H](COS(=O)(=O)c4ccc(C)cc4)[C@@H](F)[C@@]3(C)O)c(=O)[nH]2)(c2ccccc2)c2ccccc2)cc1. The van der Waals surface area contributed by atoms with Crippen molar-refractivity contribution >= 4 is 27.2 Å². The minimum absolute atomic E-state index is 0.0117. The summed E-state index contributed by atoms with van der Waals surface area (Å²) >= 11 is 0. The van der Waals surface area contributed by atoms with Crippen LogP contribution in [-0.2, 0) is 24.6 Å². The molecule has 7 rings (SSSR count). The molecule has 268 valence electrons. The number of anilines is 1. The van der Waals surface area contributed by atoms with Crippen LogP contribution in [0.5, 0.6) is 5.75 Å². The van der Waals surface area contributed by atoms with Gasteiger partial charge in [-0.05, 0) is 54.8 Å². The molecule has 0 bridgehead atoms. The zero-order valence-corrected chi connectivity index (χ0v) is 29.2. The molecule has 4 aromatic carbocycles. The maximum atomic E-state index is 15.8. The number of benzene rings is 4. The van der Waals surface area contributed by atoms with E-state index in [0.717, 1.165) is 22.3 Å². The smallest absolute Gasteiger partial charge is 0.297 e. The minimum atomic E-state index is -4.25. The summed E-state index contributed by atoms with van der Waals surface area (Å²) in [5.74, 6) is 0.697. The number of fused-ring (bicyclic) bond motifs is 1. The van der Waals surface area contributed by atoms with E-state index in [1.54, 1.807) is 19.2 Å². The first kappa shape index (κ1) is 35.0. The van der Waals surface area contributed by atoms with Crippen molar-refractivity contribution in [1.29, 1.82) is 0 Å². The number of hydrogen-bond acceptors (Lipinski definition) is 10. The van der Waals surface area contributed by atoms with Crippen molar-refractivity contribution in [2.24, 2.45) is 0 Å². The Hall–Kier alpha value is -5.41. The molecular weight excluding hydrogens is 690 g/mol. The van der Waals surface area contributed by atoms with Crippen LogP contribution in [0.25, 0.3) is 11.2 Å². The fraction of sp³-hybridized carbons (Fsp3) is 0.237. The Morgan fingerprint density at radius 2 is 1.56 bits per heavy atom. The van der Waals surface area contributed by atoms with E-state index in [0.29, 0.717) is 5.75 Å². The number of aromatic nitrogens is 4. The second kappa shape index (κ2) is 13.6. The number of hydrogen-bond donors (Lipinski definition) is 3. The van der Waals surface area contributed by atoms with Gasteiger partial charge in [0.25, 0.3) is 15.7 Å². The lowest BCUT2D eigenvalue weighted by Gasteiger charge is -2.37. The lowest BCUT2D eigenvalue weighted by Crippen LogP contribution is -2.42. The topological polar surface area (TPSA) is 158 Å². The highest BCUT2D eigenvalue weighted by Gasteiger charge is 2.55. The highest BCUT2D eigenvalue weighted by atomic mass is 32.2. The molecule has 3 N–H and O–H groups in total. The van der Waals surface area contributed by atoms with Crippen LogP contribution in [0.3, 0.4) is 0 Å². The second-order valence-corrected chi connectivity index (χ2v) is 14.4. The average molecular weight is 726 g/mol. The fourth-order valence-corrected chi connectivity index (χ4v) is 7.47. The van der Waals surface area contributed by atoms with Gasteiger partial charge in [-0.25, -0.2) is 9.37 Å². The third kappa shape index (κ3) is 6.23. The van der Waals surface area contributed by atoms with Crippen LogP contribution in [0.1, 0.15) is 35.4 Å². The van der Waals surface area contributed by atoms with E-state index >= 15 is 4.39 Å². The number of nitrogens with zero attached hydrogens (tertiary/aromatic N) is 3. The van der Waals surface area contributed by atoms with Crippen molar-refractivity contribution in [3.63, 3.8) is 0 Å². The van der Waals surface area contributed by atoms with Crippen LogP contribution in [0.15, 0.2) is 125 Å². The van der Waals surface area contributed by atoms with Crippen LogP contribution >= 0.6 is 0 Å². The molecule has 1 fully saturated rings. The van der Waals surface area contributed by atoms with Gasteiger partial charge >= 0.3 is 0 Å². The number of aromatic amines is 1. The molecule has 1 aliphatic heterocycles. The van der Waals surface area contributed by atoms with Gasteiger partial charge in [-0.15, -0.1) is 0 Å². The predicted octanol–water partition coefficient (Wildman–Crippen LogP) is 5.23. The number of halogens is 1. The Morgan fingerprint density at radius 3 is 2.15 bits per heavy atom. The van der Waals surface area contributed by atoms with E-state index in [2.05, 4.69) is 15.3 Å². The molecule has 0 aliphatic carbocycles. The van der Waals surface area contributed by atoms with Gasteiger partial charge in [-0.3, -0.25) is 18.5 Å². The first-order valence-corrected chi connectivity index (χ1v) is 17.8. The number of alkyl halides is 1. The highest BCUT2D eigenvalue weighted by molar-refractivity contribution is 7.86. The fourth-order valence-electron chi connectivity index (χ4n) is 6.55. The van der Waals surface area contributed by atoms with Crippen molar-refractivity contribution in [2.75, 3.05) is 19.0 Å². The van der Waals surface area contributed by atoms with Gasteiger partial charge in [0.2, 0.25) is 5.95 Å². The highest BCUT2D eigenvalue weighted by Crippen LogP contribution is 2.43. The average Bonchev–Trinajstić information content (AvgIpc) is 3.67. The lowest BCUT2D eigenvalue weighted by atomic mass is 9.77. The molecule has 0 radical (unpaired) electrons. The maximum absolute atomic E-state index is 15.8. The zero-order valence-electron chi connectivity index (χ0n) is 28.4. The summed E-state index contributed by atoms with van der Waals surface area (Å²) in [7, 11) is -2.67. The number of imidazole rings is 1. The molecule has 0 spiro atoms. The summed E-state index contributed by atoms with van der Waals surface area (Å²) in [5.41, 5.74) is -0.698. The molecule has 0 unspecified atom stereocenters. The minimum Gasteiger partial charge on any atom is -0.497 e. The Balaban J connectivity index is 1.27. The molecule has 52 heavy (non-hydrogen) atoms. The first-order valence-electron chi connectivity index (χ1n) is 16.4. The summed E-state index contributed by atoms with van der Waals surface area (Å²) < 4.78 is 59.3. The summed E-state index contributed by atoms with van der Waals surface area (Å²) in [6.07, 6.45) is -3.81. The van der Waals surface area contributed by atoms with Crippen molar-refractivity contribution in [3.8, 4) is 5.75 Å². The Bertz CT molecular complexity index is 2310. The largest absolute Gasteiger partial charge is 0.497 e. The molecular formula is C38H36FN5O7S. The van der Waals surface area contributed by atoms with Gasteiger partial charge < -0.3 is 19.9 Å². The summed E-state index contributed by atoms with van der Waals surface area (Å²) in [6, 6.07) is 32.8. The molecule has 12 nitrogen and oxygen atoms in total. The Morgan fingerprint density at radius 1 is 0.962 bits per heavy atom. The number of rotatable bonds is 11. The van der Waals surface area contributed by atoms with E-state index in [9.17, 15) is 18.3 Å². The standard InChI is InChI=1S/C38H36FN5O7S/c1-24-14-20-29(21-15-24)52(47,48)50-22-30-32(39)37(2,46)35(51-30)44-23-40-31-33(44)41-36(42-34(31)45)43-38(25-10-6-4-7-11-25,26-12-8-5-9-13-26)27-16-18-28(49-3)19-17-27/h4-21,23,30,32,35,46H,22H2,1-3H3,(H2,41,42,43,45)/t30-,32-,35-,37-/m1/s1. The van der Waals surface area contributed by atoms with Gasteiger partial charge in [0.05, 0.1) is 24.9 Å². The maximum Gasteiger partial charge on any atom is 0.297 e. The summed E-state index contributed by atoms with van der Waals surface area (Å²) in [5, 5.41) is 14.9. The normalized spacial score (nSPS) is 20.6. The number of aryl methyl sites for hydroxylation is 1. The van der Waals surface area contributed by atoms with Gasteiger partial charge in [-0.2, -0.15) is 13.4 Å². The van der Waals surface area contributed by atoms with Gasteiger partial charge in [0.15, 0.2) is 23.6 Å². The molecule has 0 saturated carbocycles. The quantitative estimate of drug-likeness (QED) is 0.119. The van der Waals surface area contributed by atoms with E-state index in [-0.39, 0.29) is 22.0 Å². The number of methoxy groups -OCH3 is 1. The van der Waals surface area contributed by atoms with E-state index < -0.39 is 51.9 Å². The number of ether oxygens (including phenoxy) is 2. The monoisotopic (exact) mass is 725 g/mol. The molecule has 3 heterocycles. The van der Waals surface area contributed by atoms with Crippen molar-refractivity contribution in [1.82, 2.24) is 19.5 Å². The second-order valence-electron chi connectivity index (χ2n) is 12.8. The first-order chi connectivity index (χ1) is 24.9. The van der Waals surface area contributed by atoms with Crippen molar-refractivity contribution in [2.45, 2.75) is 48.4 Å². The molecule has 4 atom stereocenters. The molecule has 14 heteroatoms. The summed E-state index contributed by atoms with van der Waals surface area (Å²) in [4.78, 5) is 25.2. The molecule has 2 aromatic heterocycles. The predicted molar refractivity (Wildman–Crippen MR) is 191 cm³/mol. The molecule has 6 aromatic rings. The summed E-state index contributed by atoms with van der Waals surface area (Å²) in [6.45, 7) is 2.31. The Kier molecular flexibility index (Phi) is 9.17. The third-order valence-corrected chi connectivity index (χ3v) is 10.6.